The van der Waals surface area contributed by atoms with Crippen molar-refractivity contribution in [1.29, 1.82) is 0 Å². The van der Waals surface area contributed by atoms with Crippen LogP contribution in [0.2, 0.25) is 0 Å². The lowest BCUT2D eigenvalue weighted by Gasteiger charge is -2.23. The van der Waals surface area contributed by atoms with E-state index in [4.69, 9.17) is 0 Å². The summed E-state index contributed by atoms with van der Waals surface area (Å²) in [7, 11) is 0. The molecule has 1 aromatic rings. The molecule has 0 aromatic heterocycles. The van der Waals surface area contributed by atoms with Gasteiger partial charge < -0.3 is 15.5 Å². The first-order chi connectivity index (χ1) is 7.83. The van der Waals surface area contributed by atoms with Crippen molar-refractivity contribution in [2.75, 3.05) is 6.54 Å². The maximum absolute atomic E-state index is 10.1. The molecule has 0 aliphatic rings. The molecule has 0 radical (unpaired) electrons. The number of hydrogen-bond acceptors (Lipinski definition) is 3. The standard InChI is InChI=1S/C14H23NO2/c1-10-5-6-11(7-12(10)9-16)13(17)8-15-14(2,3)4/h5-7,13,15-17H,8-9H2,1-4H3. The molecular formula is C14H23NO2. The number of aryl methyl sites for hydroxylation is 1. The number of benzene rings is 1. The van der Waals surface area contributed by atoms with Crippen molar-refractivity contribution in [3.63, 3.8) is 0 Å². The van der Waals surface area contributed by atoms with Crippen LogP contribution in [0.15, 0.2) is 18.2 Å². The predicted molar refractivity (Wildman–Crippen MR) is 69.8 cm³/mol. The van der Waals surface area contributed by atoms with Gasteiger partial charge in [-0.3, -0.25) is 0 Å². The first-order valence-electron chi connectivity index (χ1n) is 5.97. The summed E-state index contributed by atoms with van der Waals surface area (Å²) in [5.41, 5.74) is 2.76. The van der Waals surface area contributed by atoms with Gasteiger partial charge in [0, 0.05) is 12.1 Å². The Labute approximate surface area is 103 Å². The van der Waals surface area contributed by atoms with E-state index in [1.165, 1.54) is 0 Å². The van der Waals surface area contributed by atoms with Crippen LogP contribution in [-0.2, 0) is 6.61 Å². The van der Waals surface area contributed by atoms with Gasteiger partial charge in [0.1, 0.15) is 0 Å². The lowest BCUT2D eigenvalue weighted by molar-refractivity contribution is 0.163. The molecule has 17 heavy (non-hydrogen) atoms. The Kier molecular flexibility index (Phi) is 4.69. The van der Waals surface area contributed by atoms with Gasteiger partial charge in [-0.15, -0.1) is 0 Å². The Morgan fingerprint density at radius 3 is 2.47 bits per heavy atom. The fourth-order valence-electron chi connectivity index (χ4n) is 1.59. The van der Waals surface area contributed by atoms with Crippen LogP contribution >= 0.6 is 0 Å². The van der Waals surface area contributed by atoms with Crippen molar-refractivity contribution >= 4 is 0 Å². The lowest BCUT2D eigenvalue weighted by atomic mass is 10.0. The van der Waals surface area contributed by atoms with E-state index in [9.17, 15) is 10.2 Å². The second kappa shape index (κ2) is 5.63. The summed E-state index contributed by atoms with van der Waals surface area (Å²) in [5.74, 6) is 0. The van der Waals surface area contributed by atoms with Gasteiger partial charge in [-0.1, -0.05) is 18.2 Å². The monoisotopic (exact) mass is 237 g/mol. The van der Waals surface area contributed by atoms with Crippen LogP contribution in [0.25, 0.3) is 0 Å². The van der Waals surface area contributed by atoms with E-state index in [2.05, 4.69) is 26.1 Å². The fraction of sp³-hybridized carbons (Fsp3) is 0.571. The van der Waals surface area contributed by atoms with Gasteiger partial charge in [-0.25, -0.2) is 0 Å². The van der Waals surface area contributed by atoms with Gasteiger partial charge in [-0.05, 0) is 44.4 Å². The third-order valence-electron chi connectivity index (χ3n) is 2.75. The van der Waals surface area contributed by atoms with E-state index in [0.717, 1.165) is 16.7 Å². The van der Waals surface area contributed by atoms with Crippen molar-refractivity contribution in [1.82, 2.24) is 5.32 Å². The fourth-order valence-corrected chi connectivity index (χ4v) is 1.59. The van der Waals surface area contributed by atoms with E-state index in [0.29, 0.717) is 6.54 Å². The molecule has 0 heterocycles. The number of nitrogens with one attached hydrogen (secondary N) is 1. The molecule has 96 valence electrons. The van der Waals surface area contributed by atoms with E-state index >= 15 is 0 Å². The van der Waals surface area contributed by atoms with Crippen molar-refractivity contribution in [2.45, 2.75) is 45.9 Å². The average Bonchev–Trinajstić information content (AvgIpc) is 2.25. The summed E-state index contributed by atoms with van der Waals surface area (Å²) in [6.45, 7) is 8.67. The predicted octanol–water partition coefficient (Wildman–Crippen LogP) is 1.91. The number of hydrogen-bond donors (Lipinski definition) is 3. The molecule has 3 heteroatoms. The van der Waals surface area contributed by atoms with Crippen LogP contribution in [0.1, 0.15) is 43.6 Å². The van der Waals surface area contributed by atoms with Gasteiger partial charge in [-0.2, -0.15) is 0 Å². The van der Waals surface area contributed by atoms with E-state index < -0.39 is 6.10 Å². The molecule has 1 atom stereocenters. The van der Waals surface area contributed by atoms with Crippen LogP contribution < -0.4 is 5.32 Å². The molecule has 0 saturated heterocycles. The summed E-state index contributed by atoms with van der Waals surface area (Å²) >= 11 is 0. The molecule has 1 rings (SSSR count). The maximum Gasteiger partial charge on any atom is 0.0914 e. The highest BCUT2D eigenvalue weighted by Gasteiger charge is 2.14. The third kappa shape index (κ3) is 4.46. The Bertz CT molecular complexity index is 369. The molecular weight excluding hydrogens is 214 g/mol. The maximum atomic E-state index is 10.1. The Balaban J connectivity index is 2.72. The average molecular weight is 237 g/mol. The highest BCUT2D eigenvalue weighted by Crippen LogP contribution is 2.18. The van der Waals surface area contributed by atoms with Crippen LogP contribution in [-0.4, -0.2) is 22.3 Å². The Morgan fingerprint density at radius 1 is 1.29 bits per heavy atom. The van der Waals surface area contributed by atoms with Crippen molar-refractivity contribution in [3.05, 3.63) is 34.9 Å². The van der Waals surface area contributed by atoms with Crippen LogP contribution in [0.3, 0.4) is 0 Å². The first-order valence-corrected chi connectivity index (χ1v) is 5.97. The molecule has 0 spiro atoms. The minimum absolute atomic E-state index is 0.00845. The van der Waals surface area contributed by atoms with Crippen LogP contribution in [0.5, 0.6) is 0 Å². The lowest BCUT2D eigenvalue weighted by Crippen LogP contribution is -2.38. The summed E-state index contributed by atoms with van der Waals surface area (Å²) in [6.07, 6.45) is -0.542. The number of aliphatic hydroxyl groups is 2. The Morgan fingerprint density at radius 2 is 1.94 bits per heavy atom. The smallest absolute Gasteiger partial charge is 0.0914 e. The highest BCUT2D eigenvalue weighted by atomic mass is 16.3. The molecule has 3 N–H and O–H groups in total. The zero-order valence-corrected chi connectivity index (χ0v) is 11.1. The summed E-state index contributed by atoms with van der Waals surface area (Å²) in [5, 5.41) is 22.5. The van der Waals surface area contributed by atoms with Gasteiger partial charge in [0.25, 0.3) is 0 Å². The zero-order valence-electron chi connectivity index (χ0n) is 11.1. The summed E-state index contributed by atoms with van der Waals surface area (Å²) < 4.78 is 0. The van der Waals surface area contributed by atoms with Crippen molar-refractivity contribution < 1.29 is 10.2 Å². The largest absolute Gasteiger partial charge is 0.392 e. The van der Waals surface area contributed by atoms with E-state index in [-0.39, 0.29) is 12.1 Å². The van der Waals surface area contributed by atoms with Crippen LogP contribution in [0.4, 0.5) is 0 Å². The third-order valence-corrected chi connectivity index (χ3v) is 2.75. The summed E-state index contributed by atoms with van der Waals surface area (Å²) in [4.78, 5) is 0. The second-order valence-electron chi connectivity index (χ2n) is 5.49. The molecule has 0 fully saturated rings. The van der Waals surface area contributed by atoms with Gasteiger partial charge >= 0.3 is 0 Å². The first kappa shape index (κ1) is 14.2. The molecule has 0 amide bonds. The molecule has 3 nitrogen and oxygen atoms in total. The molecule has 0 bridgehead atoms. The van der Waals surface area contributed by atoms with E-state index in [1.807, 2.05) is 25.1 Å². The van der Waals surface area contributed by atoms with Crippen molar-refractivity contribution in [2.24, 2.45) is 0 Å². The SMILES string of the molecule is Cc1ccc(C(O)CNC(C)(C)C)cc1CO. The van der Waals surface area contributed by atoms with Crippen molar-refractivity contribution in [3.8, 4) is 0 Å². The Hall–Kier alpha value is -0.900. The number of β-amino-alcohol motifs (C(OH)–C–C–N with tert-alkyl or cyclic N) is 1. The molecule has 0 saturated carbocycles. The molecule has 0 aliphatic carbocycles. The quantitative estimate of drug-likeness (QED) is 0.750. The van der Waals surface area contributed by atoms with Gasteiger partial charge in [0.15, 0.2) is 0 Å². The topological polar surface area (TPSA) is 52.5 Å². The summed E-state index contributed by atoms with van der Waals surface area (Å²) in [6, 6.07) is 5.70. The second-order valence-corrected chi connectivity index (χ2v) is 5.49. The number of rotatable bonds is 4. The van der Waals surface area contributed by atoms with Gasteiger partial charge in [0.05, 0.1) is 12.7 Å². The normalized spacial score (nSPS) is 13.8. The highest BCUT2D eigenvalue weighted by molar-refractivity contribution is 5.31. The van der Waals surface area contributed by atoms with E-state index in [1.54, 1.807) is 0 Å². The molecule has 0 aliphatic heterocycles. The number of aliphatic hydroxyl groups excluding tert-OH is 2. The van der Waals surface area contributed by atoms with Crippen LogP contribution in [0, 0.1) is 6.92 Å². The molecule has 1 aromatic carbocycles. The minimum Gasteiger partial charge on any atom is -0.392 e. The minimum atomic E-state index is -0.542. The van der Waals surface area contributed by atoms with Gasteiger partial charge in [0.2, 0.25) is 0 Å². The molecule has 1 unspecified atom stereocenters. The zero-order chi connectivity index (χ0) is 13.1.